The molecule has 5 nitrogen and oxygen atoms in total. The van der Waals surface area contributed by atoms with Crippen LogP contribution in [-0.2, 0) is 4.79 Å². The van der Waals surface area contributed by atoms with Crippen LogP contribution in [0.5, 0.6) is 0 Å². The Balaban J connectivity index is 1.95. The van der Waals surface area contributed by atoms with Crippen LogP contribution >= 0.6 is 0 Å². The lowest BCUT2D eigenvalue weighted by molar-refractivity contribution is -0.133. The first-order valence-corrected chi connectivity index (χ1v) is 6.89. The van der Waals surface area contributed by atoms with Gasteiger partial charge in [0, 0.05) is 31.7 Å². The Labute approximate surface area is 119 Å². The number of nitrogens with zero attached hydrogens (tertiary/aromatic N) is 2. The van der Waals surface area contributed by atoms with Crippen LogP contribution < -0.4 is 5.73 Å². The Kier molecular flexibility index (Phi) is 4.39. The lowest BCUT2D eigenvalue weighted by Crippen LogP contribution is -2.53. The van der Waals surface area contributed by atoms with Crippen molar-refractivity contribution in [2.24, 2.45) is 5.73 Å². The second kappa shape index (κ2) is 6.05. The van der Waals surface area contributed by atoms with Crippen LogP contribution in [0, 0.1) is 6.92 Å². The molecule has 1 aliphatic heterocycles. The van der Waals surface area contributed by atoms with Crippen molar-refractivity contribution in [3.05, 3.63) is 35.4 Å². The van der Waals surface area contributed by atoms with Crippen LogP contribution in [0.4, 0.5) is 0 Å². The van der Waals surface area contributed by atoms with Gasteiger partial charge in [-0.15, -0.1) is 0 Å². The van der Waals surface area contributed by atoms with Gasteiger partial charge in [0.1, 0.15) is 0 Å². The zero-order valence-electron chi connectivity index (χ0n) is 12.0. The lowest BCUT2D eigenvalue weighted by atomic mass is 10.1. The molecule has 0 aliphatic carbocycles. The van der Waals surface area contributed by atoms with Gasteiger partial charge in [-0.25, -0.2) is 0 Å². The van der Waals surface area contributed by atoms with Crippen LogP contribution in [0.2, 0.25) is 0 Å². The predicted octanol–water partition coefficient (Wildman–Crippen LogP) is 0.627. The summed E-state index contributed by atoms with van der Waals surface area (Å²) in [5, 5.41) is 0. The molecular formula is C15H21N3O2. The Bertz CT molecular complexity index is 488. The van der Waals surface area contributed by atoms with Gasteiger partial charge in [-0.2, -0.15) is 0 Å². The summed E-state index contributed by atoms with van der Waals surface area (Å²) in [5.74, 6) is -0.0228. The fourth-order valence-corrected chi connectivity index (χ4v) is 2.30. The quantitative estimate of drug-likeness (QED) is 0.860. The molecule has 2 N–H and O–H groups in total. The van der Waals surface area contributed by atoms with E-state index in [0.29, 0.717) is 31.7 Å². The Morgan fingerprint density at radius 2 is 1.55 bits per heavy atom. The van der Waals surface area contributed by atoms with E-state index in [1.165, 1.54) is 0 Å². The summed E-state index contributed by atoms with van der Waals surface area (Å²) in [6, 6.07) is 7.08. The molecular weight excluding hydrogens is 254 g/mol. The van der Waals surface area contributed by atoms with Crippen molar-refractivity contribution in [2.45, 2.75) is 19.9 Å². The SMILES string of the molecule is Cc1ccc(C(=O)N2CCN(C(=O)[C@@H](C)N)CC2)cc1. The number of aryl methyl sites for hydroxylation is 1. The molecule has 1 fully saturated rings. The second-order valence-electron chi connectivity index (χ2n) is 5.27. The van der Waals surface area contributed by atoms with Gasteiger partial charge in [0.05, 0.1) is 6.04 Å². The van der Waals surface area contributed by atoms with Crippen LogP contribution in [0.25, 0.3) is 0 Å². The first kappa shape index (κ1) is 14.5. The molecule has 1 aromatic carbocycles. The molecule has 20 heavy (non-hydrogen) atoms. The number of carbonyl (C=O) groups excluding carboxylic acids is 2. The fourth-order valence-electron chi connectivity index (χ4n) is 2.30. The number of rotatable bonds is 2. The van der Waals surface area contributed by atoms with Gasteiger partial charge in [-0.05, 0) is 26.0 Å². The number of piperazine rings is 1. The monoisotopic (exact) mass is 275 g/mol. The smallest absolute Gasteiger partial charge is 0.253 e. The van der Waals surface area contributed by atoms with Crippen LogP contribution in [0.3, 0.4) is 0 Å². The topological polar surface area (TPSA) is 66.6 Å². The first-order valence-electron chi connectivity index (χ1n) is 6.89. The second-order valence-corrected chi connectivity index (χ2v) is 5.27. The maximum absolute atomic E-state index is 12.3. The predicted molar refractivity (Wildman–Crippen MR) is 77.3 cm³/mol. The molecule has 1 aliphatic rings. The number of nitrogens with two attached hydrogens (primary N) is 1. The summed E-state index contributed by atoms with van der Waals surface area (Å²) in [7, 11) is 0. The van der Waals surface area contributed by atoms with Crippen LogP contribution in [0.1, 0.15) is 22.8 Å². The molecule has 5 heteroatoms. The number of hydrogen-bond acceptors (Lipinski definition) is 3. The molecule has 0 saturated carbocycles. The Morgan fingerprint density at radius 1 is 1.05 bits per heavy atom. The van der Waals surface area contributed by atoms with E-state index in [4.69, 9.17) is 5.73 Å². The van der Waals surface area contributed by atoms with E-state index >= 15 is 0 Å². The molecule has 0 spiro atoms. The third kappa shape index (κ3) is 3.17. The standard InChI is InChI=1S/C15H21N3O2/c1-11-3-5-13(6-4-11)15(20)18-9-7-17(8-10-18)14(19)12(2)16/h3-6,12H,7-10,16H2,1-2H3/t12-/m1/s1. The number of hydrogen-bond donors (Lipinski definition) is 1. The normalized spacial score (nSPS) is 16.9. The highest BCUT2D eigenvalue weighted by atomic mass is 16.2. The van der Waals surface area contributed by atoms with Crippen molar-refractivity contribution in [1.29, 1.82) is 0 Å². The minimum Gasteiger partial charge on any atom is -0.338 e. The van der Waals surface area contributed by atoms with Crippen molar-refractivity contribution in [2.75, 3.05) is 26.2 Å². The van der Waals surface area contributed by atoms with E-state index in [0.717, 1.165) is 5.56 Å². The molecule has 1 aromatic rings. The average Bonchev–Trinajstić information content (AvgIpc) is 2.46. The van der Waals surface area contributed by atoms with Gasteiger partial charge < -0.3 is 15.5 Å². The average molecular weight is 275 g/mol. The van der Waals surface area contributed by atoms with Crippen molar-refractivity contribution >= 4 is 11.8 Å². The third-order valence-corrected chi connectivity index (χ3v) is 3.57. The molecule has 2 amide bonds. The summed E-state index contributed by atoms with van der Waals surface area (Å²) >= 11 is 0. The maximum Gasteiger partial charge on any atom is 0.253 e. The molecule has 0 aromatic heterocycles. The number of benzene rings is 1. The molecule has 108 valence electrons. The first-order chi connectivity index (χ1) is 9.49. The number of amides is 2. The van der Waals surface area contributed by atoms with E-state index in [-0.39, 0.29) is 11.8 Å². The van der Waals surface area contributed by atoms with E-state index in [1.54, 1.807) is 16.7 Å². The van der Waals surface area contributed by atoms with Gasteiger partial charge in [0.25, 0.3) is 5.91 Å². The van der Waals surface area contributed by atoms with E-state index < -0.39 is 6.04 Å². The summed E-state index contributed by atoms with van der Waals surface area (Å²) < 4.78 is 0. The van der Waals surface area contributed by atoms with Gasteiger partial charge in [-0.1, -0.05) is 17.7 Å². The maximum atomic E-state index is 12.3. The highest BCUT2D eigenvalue weighted by Crippen LogP contribution is 2.10. The van der Waals surface area contributed by atoms with Crippen LogP contribution in [0.15, 0.2) is 24.3 Å². The van der Waals surface area contributed by atoms with Crippen molar-refractivity contribution in [3.63, 3.8) is 0 Å². The molecule has 1 saturated heterocycles. The van der Waals surface area contributed by atoms with Gasteiger partial charge in [0.2, 0.25) is 5.91 Å². The van der Waals surface area contributed by atoms with Gasteiger partial charge in [0.15, 0.2) is 0 Å². The number of carbonyl (C=O) groups is 2. The summed E-state index contributed by atoms with van der Waals surface area (Å²) in [6.07, 6.45) is 0. The van der Waals surface area contributed by atoms with E-state index in [1.807, 2.05) is 31.2 Å². The third-order valence-electron chi connectivity index (χ3n) is 3.57. The summed E-state index contributed by atoms with van der Waals surface area (Å²) in [6.45, 7) is 5.91. The zero-order valence-corrected chi connectivity index (χ0v) is 12.0. The fraction of sp³-hybridized carbons (Fsp3) is 0.467. The molecule has 1 atom stereocenters. The van der Waals surface area contributed by atoms with Crippen LogP contribution in [-0.4, -0.2) is 53.8 Å². The summed E-state index contributed by atoms with van der Waals surface area (Å²) in [5.41, 5.74) is 7.42. The largest absolute Gasteiger partial charge is 0.338 e. The van der Waals surface area contributed by atoms with E-state index in [2.05, 4.69) is 0 Å². The Hall–Kier alpha value is -1.88. The minimum absolute atomic E-state index is 0.0258. The lowest BCUT2D eigenvalue weighted by Gasteiger charge is -2.35. The van der Waals surface area contributed by atoms with Crippen molar-refractivity contribution < 1.29 is 9.59 Å². The van der Waals surface area contributed by atoms with Gasteiger partial charge >= 0.3 is 0 Å². The molecule has 0 radical (unpaired) electrons. The van der Waals surface area contributed by atoms with E-state index in [9.17, 15) is 9.59 Å². The molecule has 0 bridgehead atoms. The van der Waals surface area contributed by atoms with Crippen molar-refractivity contribution in [1.82, 2.24) is 9.80 Å². The van der Waals surface area contributed by atoms with Gasteiger partial charge in [-0.3, -0.25) is 9.59 Å². The Morgan fingerprint density at radius 3 is 2.05 bits per heavy atom. The molecule has 1 heterocycles. The molecule has 2 rings (SSSR count). The highest BCUT2D eigenvalue weighted by Gasteiger charge is 2.25. The highest BCUT2D eigenvalue weighted by molar-refractivity contribution is 5.94. The minimum atomic E-state index is -0.477. The summed E-state index contributed by atoms with van der Waals surface area (Å²) in [4.78, 5) is 27.6. The zero-order chi connectivity index (χ0) is 14.7. The van der Waals surface area contributed by atoms with Crippen molar-refractivity contribution in [3.8, 4) is 0 Å². The molecule has 0 unspecified atom stereocenters.